The number of carbonyl (C=O) groups is 1. The van der Waals surface area contributed by atoms with Crippen LogP contribution >= 0.6 is 0 Å². The van der Waals surface area contributed by atoms with E-state index in [9.17, 15) is 4.79 Å². The summed E-state index contributed by atoms with van der Waals surface area (Å²) in [5.41, 5.74) is 1.08. The number of benzene rings is 1. The van der Waals surface area contributed by atoms with Crippen LogP contribution in [-0.2, 0) is 4.79 Å². The number of carbonyl (C=O) groups excluding carboxylic acids is 1. The monoisotopic (exact) mass is 229 g/mol. The first-order chi connectivity index (χ1) is 8.34. The van der Waals surface area contributed by atoms with Gasteiger partial charge in [0.2, 0.25) is 0 Å². The molecule has 2 rings (SSSR count). The van der Waals surface area contributed by atoms with Crippen LogP contribution in [0.2, 0.25) is 0 Å². The Bertz CT molecular complexity index is 377. The molecule has 1 saturated heterocycles. The van der Waals surface area contributed by atoms with E-state index in [0.717, 1.165) is 18.5 Å². The van der Waals surface area contributed by atoms with E-state index in [2.05, 4.69) is 5.32 Å². The number of rotatable bonds is 4. The third-order valence-corrected chi connectivity index (χ3v) is 3.12. The van der Waals surface area contributed by atoms with Crippen molar-refractivity contribution in [3.8, 4) is 0 Å². The number of hydrogen-bond donors (Lipinski definition) is 1. The predicted octanol–water partition coefficient (Wildman–Crippen LogP) is 2.80. The van der Waals surface area contributed by atoms with E-state index in [1.165, 1.54) is 12.8 Å². The first-order valence-electron chi connectivity index (χ1n) is 6.34. The van der Waals surface area contributed by atoms with Gasteiger partial charge in [-0.1, -0.05) is 42.8 Å². The lowest BCUT2D eigenvalue weighted by Gasteiger charge is -2.22. The topological polar surface area (TPSA) is 29.1 Å². The predicted molar refractivity (Wildman–Crippen MR) is 70.7 cm³/mol. The second-order valence-corrected chi connectivity index (χ2v) is 4.56. The normalized spacial score (nSPS) is 20.6. The third kappa shape index (κ3) is 4.16. The molecule has 1 atom stereocenters. The van der Waals surface area contributed by atoms with Crippen LogP contribution in [0.3, 0.4) is 0 Å². The van der Waals surface area contributed by atoms with Crippen LogP contribution in [0, 0.1) is 0 Å². The highest BCUT2D eigenvalue weighted by Gasteiger charge is 2.14. The van der Waals surface area contributed by atoms with Crippen molar-refractivity contribution >= 4 is 11.9 Å². The molecule has 0 aromatic heterocycles. The van der Waals surface area contributed by atoms with Crippen LogP contribution < -0.4 is 5.32 Å². The Morgan fingerprint density at radius 3 is 2.82 bits per heavy atom. The average Bonchev–Trinajstić information content (AvgIpc) is 2.39. The fourth-order valence-electron chi connectivity index (χ4n) is 2.16. The highest BCUT2D eigenvalue weighted by molar-refractivity contribution is 5.93. The zero-order chi connectivity index (χ0) is 11.9. The van der Waals surface area contributed by atoms with E-state index in [4.69, 9.17) is 0 Å². The first kappa shape index (κ1) is 12.1. The van der Waals surface area contributed by atoms with Gasteiger partial charge in [-0.25, -0.2) is 0 Å². The molecule has 2 nitrogen and oxygen atoms in total. The molecular weight excluding hydrogens is 210 g/mol. The molecule has 1 aliphatic rings. The molecule has 0 bridgehead atoms. The molecular formula is C15H19NO. The molecule has 0 aliphatic carbocycles. The van der Waals surface area contributed by atoms with Crippen LogP contribution in [0.25, 0.3) is 6.08 Å². The third-order valence-electron chi connectivity index (χ3n) is 3.12. The van der Waals surface area contributed by atoms with Crippen LogP contribution in [0.1, 0.15) is 31.2 Å². The first-order valence-corrected chi connectivity index (χ1v) is 6.34. The highest BCUT2D eigenvalue weighted by Crippen LogP contribution is 2.11. The Balaban J connectivity index is 1.82. The number of allylic oxidation sites excluding steroid dienone is 1. The summed E-state index contributed by atoms with van der Waals surface area (Å²) in [6, 6.07) is 10.3. The minimum absolute atomic E-state index is 0.216. The number of nitrogens with one attached hydrogen (secondary N) is 1. The number of ketones is 1. The molecule has 1 aromatic rings. The summed E-state index contributed by atoms with van der Waals surface area (Å²) < 4.78 is 0. The van der Waals surface area contributed by atoms with Crippen molar-refractivity contribution < 1.29 is 4.79 Å². The number of piperidine rings is 1. The Kier molecular flexibility index (Phi) is 4.51. The lowest BCUT2D eigenvalue weighted by atomic mass is 10.00. The molecule has 0 radical (unpaired) electrons. The zero-order valence-corrected chi connectivity index (χ0v) is 10.1. The summed E-state index contributed by atoms with van der Waals surface area (Å²) >= 11 is 0. The quantitative estimate of drug-likeness (QED) is 0.804. The second kappa shape index (κ2) is 6.36. The van der Waals surface area contributed by atoms with Crippen LogP contribution in [0.15, 0.2) is 36.4 Å². The van der Waals surface area contributed by atoms with Crippen LogP contribution in [0.5, 0.6) is 0 Å². The van der Waals surface area contributed by atoms with E-state index in [0.29, 0.717) is 12.5 Å². The number of hydrogen-bond acceptors (Lipinski definition) is 2. The smallest absolute Gasteiger partial charge is 0.157 e. The molecule has 1 aromatic carbocycles. The fraction of sp³-hybridized carbons (Fsp3) is 0.400. The maximum Gasteiger partial charge on any atom is 0.157 e. The van der Waals surface area contributed by atoms with Crippen molar-refractivity contribution in [2.45, 2.75) is 31.7 Å². The van der Waals surface area contributed by atoms with Gasteiger partial charge in [0.25, 0.3) is 0 Å². The molecule has 1 unspecified atom stereocenters. The molecule has 1 aliphatic heterocycles. The van der Waals surface area contributed by atoms with Crippen molar-refractivity contribution in [3.63, 3.8) is 0 Å². The molecule has 1 N–H and O–H groups in total. The molecule has 1 fully saturated rings. The molecule has 2 heteroatoms. The molecule has 0 amide bonds. The Morgan fingerprint density at radius 2 is 2.12 bits per heavy atom. The SMILES string of the molecule is O=C(/C=C/c1ccccc1)CC1CCCCN1. The van der Waals surface area contributed by atoms with Gasteiger partial charge < -0.3 is 5.32 Å². The lowest BCUT2D eigenvalue weighted by molar-refractivity contribution is -0.115. The standard InChI is InChI=1S/C15H19NO/c17-15(12-14-8-4-5-11-16-14)10-9-13-6-2-1-3-7-13/h1-3,6-7,9-10,14,16H,4-5,8,11-12H2/b10-9+. The molecule has 0 spiro atoms. The van der Waals surface area contributed by atoms with E-state index in [-0.39, 0.29) is 5.78 Å². The summed E-state index contributed by atoms with van der Waals surface area (Å²) in [6.45, 7) is 1.06. The molecule has 17 heavy (non-hydrogen) atoms. The minimum Gasteiger partial charge on any atom is -0.314 e. The van der Waals surface area contributed by atoms with Crippen molar-refractivity contribution in [1.82, 2.24) is 5.32 Å². The highest BCUT2D eigenvalue weighted by atomic mass is 16.1. The van der Waals surface area contributed by atoms with E-state index < -0.39 is 0 Å². The summed E-state index contributed by atoms with van der Waals surface area (Å²) in [5.74, 6) is 0.216. The van der Waals surface area contributed by atoms with E-state index in [1.54, 1.807) is 6.08 Å². The molecule has 90 valence electrons. The van der Waals surface area contributed by atoms with Crippen LogP contribution in [0.4, 0.5) is 0 Å². The van der Waals surface area contributed by atoms with Crippen molar-refractivity contribution in [2.24, 2.45) is 0 Å². The van der Waals surface area contributed by atoms with E-state index in [1.807, 2.05) is 36.4 Å². The van der Waals surface area contributed by atoms with Gasteiger partial charge in [0.05, 0.1) is 0 Å². The summed E-state index contributed by atoms with van der Waals surface area (Å²) in [4.78, 5) is 11.8. The Hall–Kier alpha value is -1.41. The van der Waals surface area contributed by atoms with Gasteiger partial charge in [0.1, 0.15) is 0 Å². The Morgan fingerprint density at radius 1 is 1.29 bits per heavy atom. The van der Waals surface area contributed by atoms with Gasteiger partial charge in [-0.05, 0) is 31.0 Å². The van der Waals surface area contributed by atoms with Gasteiger partial charge in [-0.15, -0.1) is 0 Å². The van der Waals surface area contributed by atoms with Crippen molar-refractivity contribution in [2.75, 3.05) is 6.54 Å². The van der Waals surface area contributed by atoms with Gasteiger partial charge in [0.15, 0.2) is 5.78 Å². The lowest BCUT2D eigenvalue weighted by Crippen LogP contribution is -2.35. The Labute approximate surface area is 103 Å². The molecule has 0 saturated carbocycles. The fourth-order valence-corrected chi connectivity index (χ4v) is 2.16. The second-order valence-electron chi connectivity index (χ2n) is 4.56. The van der Waals surface area contributed by atoms with Crippen LogP contribution in [-0.4, -0.2) is 18.4 Å². The minimum atomic E-state index is 0.216. The average molecular weight is 229 g/mol. The maximum absolute atomic E-state index is 11.8. The van der Waals surface area contributed by atoms with Gasteiger partial charge in [-0.3, -0.25) is 4.79 Å². The zero-order valence-electron chi connectivity index (χ0n) is 10.1. The largest absolute Gasteiger partial charge is 0.314 e. The summed E-state index contributed by atoms with van der Waals surface area (Å²) in [6.07, 6.45) is 7.84. The van der Waals surface area contributed by atoms with Gasteiger partial charge in [0, 0.05) is 12.5 Å². The molecule has 1 heterocycles. The van der Waals surface area contributed by atoms with Gasteiger partial charge in [-0.2, -0.15) is 0 Å². The van der Waals surface area contributed by atoms with E-state index >= 15 is 0 Å². The maximum atomic E-state index is 11.8. The van der Waals surface area contributed by atoms with Gasteiger partial charge >= 0.3 is 0 Å². The summed E-state index contributed by atoms with van der Waals surface area (Å²) in [5, 5.41) is 3.39. The van der Waals surface area contributed by atoms with Crippen molar-refractivity contribution in [3.05, 3.63) is 42.0 Å². The van der Waals surface area contributed by atoms with Crippen molar-refractivity contribution in [1.29, 1.82) is 0 Å². The summed E-state index contributed by atoms with van der Waals surface area (Å²) in [7, 11) is 0.